The van der Waals surface area contributed by atoms with E-state index >= 15 is 0 Å². The predicted molar refractivity (Wildman–Crippen MR) is 110 cm³/mol. The first kappa shape index (κ1) is 23.7. The summed E-state index contributed by atoms with van der Waals surface area (Å²) in [6.45, 7) is 5.44. The molecular formula is C20H32N2O6S. The van der Waals surface area contributed by atoms with Gasteiger partial charge in [-0.25, -0.2) is 0 Å². The number of unbranched alkanes of at least 4 members (excludes halogenated alkanes) is 4. The Morgan fingerprint density at radius 1 is 1.34 bits per heavy atom. The van der Waals surface area contributed by atoms with Crippen LogP contribution < -0.4 is 5.56 Å². The number of aliphatic hydroxyl groups excluding tert-OH is 2. The number of hydrogen-bond acceptors (Lipinski definition) is 7. The maximum absolute atomic E-state index is 12.2. The first-order chi connectivity index (χ1) is 13.8. The summed E-state index contributed by atoms with van der Waals surface area (Å²) >= 11 is 5.21. The number of rotatable bonds is 10. The van der Waals surface area contributed by atoms with Gasteiger partial charge in [-0.05, 0) is 24.6 Å². The highest BCUT2D eigenvalue weighted by Gasteiger charge is 2.47. The van der Waals surface area contributed by atoms with E-state index in [4.69, 9.17) is 21.7 Å². The van der Waals surface area contributed by atoms with Crippen LogP contribution in [0.15, 0.2) is 11.0 Å². The third-order valence-electron chi connectivity index (χ3n) is 5.13. The normalized spacial score (nSPS) is 24.2. The molecule has 1 aromatic heterocycles. The van der Waals surface area contributed by atoms with E-state index in [1.54, 1.807) is 6.20 Å². The molecule has 0 spiro atoms. The second-order valence-electron chi connectivity index (χ2n) is 7.76. The Kier molecular flexibility index (Phi) is 9.01. The number of carbonyl (C=O) groups excluding carboxylic acids is 1. The second kappa shape index (κ2) is 11.0. The van der Waals surface area contributed by atoms with E-state index in [0.717, 1.165) is 32.1 Å². The summed E-state index contributed by atoms with van der Waals surface area (Å²) in [6.07, 6.45) is 2.71. The zero-order chi connectivity index (χ0) is 21.6. The lowest BCUT2D eigenvalue weighted by molar-refractivity contribution is -0.156. The van der Waals surface area contributed by atoms with Crippen LogP contribution in [0.2, 0.25) is 0 Å². The summed E-state index contributed by atoms with van der Waals surface area (Å²) in [4.78, 5) is 26.9. The molecule has 0 aromatic carbocycles. The molecule has 1 aromatic rings. The van der Waals surface area contributed by atoms with Crippen molar-refractivity contribution in [3.8, 4) is 0 Å². The minimum Gasteiger partial charge on any atom is -0.457 e. The van der Waals surface area contributed by atoms with Crippen molar-refractivity contribution >= 4 is 18.2 Å². The van der Waals surface area contributed by atoms with Crippen LogP contribution in [0.1, 0.15) is 77.0 Å². The van der Waals surface area contributed by atoms with Crippen LogP contribution in [0, 0.1) is 4.77 Å². The maximum atomic E-state index is 12.2. The van der Waals surface area contributed by atoms with Gasteiger partial charge in [-0.2, -0.15) is 0 Å². The number of H-pyrrole nitrogens is 1. The van der Waals surface area contributed by atoms with Crippen molar-refractivity contribution in [2.75, 3.05) is 6.61 Å². The average Bonchev–Trinajstić information content (AvgIpc) is 2.97. The molecule has 8 nitrogen and oxygen atoms in total. The van der Waals surface area contributed by atoms with Crippen LogP contribution in [0.25, 0.3) is 0 Å². The number of aromatic amines is 1. The van der Waals surface area contributed by atoms with Gasteiger partial charge in [0.1, 0.15) is 12.2 Å². The van der Waals surface area contributed by atoms with Gasteiger partial charge in [0.05, 0.1) is 6.61 Å². The van der Waals surface area contributed by atoms with Gasteiger partial charge in [-0.15, -0.1) is 0 Å². The topological polar surface area (TPSA) is 114 Å². The van der Waals surface area contributed by atoms with Crippen LogP contribution in [0.5, 0.6) is 0 Å². The molecule has 0 aliphatic carbocycles. The number of nitrogens with one attached hydrogen (secondary N) is 1. The van der Waals surface area contributed by atoms with Crippen LogP contribution >= 0.6 is 12.2 Å². The van der Waals surface area contributed by atoms with Gasteiger partial charge in [0.25, 0.3) is 5.56 Å². The zero-order valence-electron chi connectivity index (χ0n) is 17.3. The Bertz CT molecular complexity index is 790. The molecule has 2 rings (SSSR count). The summed E-state index contributed by atoms with van der Waals surface area (Å²) in [5, 5.41) is 20.4. The first-order valence-electron chi connectivity index (χ1n) is 10.3. The van der Waals surface area contributed by atoms with Crippen molar-refractivity contribution in [1.29, 1.82) is 0 Å². The monoisotopic (exact) mass is 428 g/mol. The van der Waals surface area contributed by atoms with Crippen molar-refractivity contribution < 1.29 is 24.5 Å². The molecule has 1 aliphatic rings. The first-order valence-corrected chi connectivity index (χ1v) is 10.7. The number of nitrogens with zero attached hydrogens (tertiary/aromatic N) is 1. The second-order valence-corrected chi connectivity index (χ2v) is 8.15. The Morgan fingerprint density at radius 3 is 2.66 bits per heavy atom. The van der Waals surface area contributed by atoms with Gasteiger partial charge in [0, 0.05) is 18.2 Å². The van der Waals surface area contributed by atoms with E-state index < -0.39 is 37.1 Å². The molecule has 4 atom stereocenters. The lowest BCUT2D eigenvalue weighted by Gasteiger charge is -2.21. The molecule has 0 bridgehead atoms. The van der Waals surface area contributed by atoms with Gasteiger partial charge >= 0.3 is 5.97 Å². The number of esters is 1. The number of aliphatic hydroxyl groups is 2. The Morgan fingerprint density at radius 2 is 2.03 bits per heavy atom. The van der Waals surface area contributed by atoms with Crippen molar-refractivity contribution in [2.45, 2.75) is 89.8 Å². The number of hydrogen-bond donors (Lipinski definition) is 3. The van der Waals surface area contributed by atoms with E-state index in [1.165, 1.54) is 4.57 Å². The molecule has 164 valence electrons. The fourth-order valence-electron chi connectivity index (χ4n) is 3.43. The summed E-state index contributed by atoms with van der Waals surface area (Å²) in [5.41, 5.74) is 0.195. The van der Waals surface area contributed by atoms with E-state index in [-0.39, 0.29) is 22.7 Å². The van der Waals surface area contributed by atoms with Crippen molar-refractivity contribution in [3.05, 3.63) is 26.9 Å². The van der Waals surface area contributed by atoms with E-state index in [9.17, 15) is 19.8 Å². The Hall–Kier alpha value is -1.55. The Balaban J connectivity index is 2.11. The van der Waals surface area contributed by atoms with Gasteiger partial charge in [0.15, 0.2) is 17.1 Å². The van der Waals surface area contributed by atoms with Crippen molar-refractivity contribution in [2.24, 2.45) is 0 Å². The number of carbonyl (C=O) groups is 1. The zero-order valence-corrected chi connectivity index (χ0v) is 18.1. The maximum Gasteiger partial charge on any atom is 0.306 e. The number of aromatic nitrogens is 2. The third kappa shape index (κ3) is 5.97. The molecule has 1 aliphatic heterocycles. The van der Waals surface area contributed by atoms with Crippen LogP contribution in [-0.2, 0) is 14.3 Å². The molecule has 0 saturated carbocycles. The molecule has 1 saturated heterocycles. The number of ether oxygens (including phenoxy) is 2. The van der Waals surface area contributed by atoms with Gasteiger partial charge in [-0.1, -0.05) is 46.5 Å². The van der Waals surface area contributed by atoms with Gasteiger partial charge in [-0.3, -0.25) is 19.1 Å². The van der Waals surface area contributed by atoms with E-state index in [2.05, 4.69) is 11.9 Å². The van der Waals surface area contributed by atoms with Crippen LogP contribution in [0.4, 0.5) is 0 Å². The molecule has 1 fully saturated rings. The molecule has 3 N–H and O–H groups in total. The summed E-state index contributed by atoms with van der Waals surface area (Å²) in [5.74, 6) is -0.490. The van der Waals surface area contributed by atoms with Crippen molar-refractivity contribution in [1.82, 2.24) is 9.55 Å². The molecule has 0 amide bonds. The molecule has 2 heterocycles. The molecule has 0 unspecified atom stereocenters. The van der Waals surface area contributed by atoms with Gasteiger partial charge in [0.2, 0.25) is 0 Å². The SMILES string of the molecule is CCCCCCCC(=O)O[C@H]1[C@H](O)[C@H](n2cc(C(C)C)c(=O)[nH]c2=S)O[C@@H]1CO. The molecular weight excluding hydrogens is 396 g/mol. The smallest absolute Gasteiger partial charge is 0.306 e. The average molecular weight is 429 g/mol. The highest BCUT2D eigenvalue weighted by molar-refractivity contribution is 7.71. The molecule has 29 heavy (non-hydrogen) atoms. The van der Waals surface area contributed by atoms with Crippen LogP contribution in [-0.4, -0.2) is 50.7 Å². The van der Waals surface area contributed by atoms with E-state index in [1.807, 2.05) is 13.8 Å². The summed E-state index contributed by atoms with van der Waals surface area (Å²) in [6, 6.07) is 0. The minimum absolute atomic E-state index is 0.0610. The van der Waals surface area contributed by atoms with E-state index in [0.29, 0.717) is 5.56 Å². The lowest BCUT2D eigenvalue weighted by Crippen LogP contribution is -2.38. The fourth-order valence-corrected chi connectivity index (χ4v) is 3.68. The quantitative estimate of drug-likeness (QED) is 0.298. The minimum atomic E-state index is -1.23. The highest BCUT2D eigenvalue weighted by atomic mass is 32.1. The Labute approximate surface area is 175 Å². The lowest BCUT2D eigenvalue weighted by atomic mass is 10.1. The van der Waals surface area contributed by atoms with Gasteiger partial charge < -0.3 is 19.7 Å². The third-order valence-corrected chi connectivity index (χ3v) is 5.45. The highest BCUT2D eigenvalue weighted by Crippen LogP contribution is 2.32. The largest absolute Gasteiger partial charge is 0.457 e. The van der Waals surface area contributed by atoms with Crippen molar-refractivity contribution in [3.63, 3.8) is 0 Å². The predicted octanol–water partition coefficient (Wildman–Crippen LogP) is 2.55. The van der Waals surface area contributed by atoms with Crippen LogP contribution in [0.3, 0.4) is 0 Å². The summed E-state index contributed by atoms with van der Waals surface area (Å²) < 4.78 is 12.7. The fraction of sp³-hybridized carbons (Fsp3) is 0.750. The molecule has 0 radical (unpaired) electrons. The summed E-state index contributed by atoms with van der Waals surface area (Å²) in [7, 11) is 0. The molecule has 9 heteroatoms. The standard InChI is InChI=1S/C20H32N2O6S/c1-4-5-6-7-8-9-15(24)28-17-14(11-23)27-19(16(17)25)22-10-13(12(2)3)18(26)21-20(22)29/h10,12,14,16-17,19,23,25H,4-9,11H2,1-3H3,(H,21,26,29)/t14-,16+,17-,19-/m1/s1.